The average molecular weight is 295 g/mol. The first-order valence-corrected chi connectivity index (χ1v) is 6.64. The molecule has 0 radical (unpaired) electrons. The van der Waals surface area contributed by atoms with E-state index in [1.165, 1.54) is 32.1 Å². The predicted octanol–water partition coefficient (Wildman–Crippen LogP) is 5.00. The molecular weight excluding hydrogens is 277 g/mol. The summed E-state index contributed by atoms with van der Waals surface area (Å²) in [6.45, 7) is 0. The van der Waals surface area contributed by atoms with Gasteiger partial charge in [-0.3, -0.25) is 0 Å². The summed E-state index contributed by atoms with van der Waals surface area (Å²) in [5, 5.41) is 1.37. The first-order chi connectivity index (χ1) is 7.68. The zero-order valence-corrected chi connectivity index (χ0v) is 12.0. The summed E-state index contributed by atoms with van der Waals surface area (Å²) < 4.78 is 0. The van der Waals surface area contributed by atoms with E-state index in [4.69, 9.17) is 28.9 Å². The molecule has 4 heteroatoms. The SMILES string of the molecule is Cl.N[C@@H](c1ccc(Cl)cc1Cl)C1CCCCC1. The van der Waals surface area contributed by atoms with Crippen LogP contribution in [0.15, 0.2) is 18.2 Å². The minimum Gasteiger partial charge on any atom is -0.324 e. The molecule has 2 N–H and O–H groups in total. The van der Waals surface area contributed by atoms with Crippen LogP contribution in [0.25, 0.3) is 0 Å². The van der Waals surface area contributed by atoms with Crippen LogP contribution in [0.4, 0.5) is 0 Å². The third kappa shape index (κ3) is 3.75. The van der Waals surface area contributed by atoms with Gasteiger partial charge < -0.3 is 5.73 Å². The number of benzene rings is 1. The summed E-state index contributed by atoms with van der Waals surface area (Å²) in [4.78, 5) is 0. The van der Waals surface area contributed by atoms with Gasteiger partial charge in [0, 0.05) is 16.1 Å². The number of hydrogen-bond acceptors (Lipinski definition) is 1. The van der Waals surface area contributed by atoms with Crippen LogP contribution in [0.3, 0.4) is 0 Å². The fourth-order valence-corrected chi connectivity index (χ4v) is 3.05. The second-order valence-corrected chi connectivity index (χ2v) is 5.43. The van der Waals surface area contributed by atoms with Crippen molar-refractivity contribution in [2.24, 2.45) is 11.7 Å². The van der Waals surface area contributed by atoms with Crippen LogP contribution in [0.5, 0.6) is 0 Å². The van der Waals surface area contributed by atoms with Gasteiger partial charge in [-0.1, -0.05) is 48.5 Å². The highest BCUT2D eigenvalue weighted by Crippen LogP contribution is 2.36. The molecule has 1 saturated carbocycles. The highest BCUT2D eigenvalue weighted by molar-refractivity contribution is 6.35. The Morgan fingerprint density at radius 3 is 2.35 bits per heavy atom. The Morgan fingerprint density at radius 2 is 1.76 bits per heavy atom. The molecular formula is C13H18Cl3N. The molecule has 1 nitrogen and oxygen atoms in total. The van der Waals surface area contributed by atoms with Gasteiger partial charge in [0.05, 0.1) is 0 Å². The summed E-state index contributed by atoms with van der Waals surface area (Å²) in [5.74, 6) is 0.576. The van der Waals surface area contributed by atoms with Crippen LogP contribution < -0.4 is 5.73 Å². The van der Waals surface area contributed by atoms with Gasteiger partial charge >= 0.3 is 0 Å². The molecule has 17 heavy (non-hydrogen) atoms. The van der Waals surface area contributed by atoms with Crippen molar-refractivity contribution in [2.45, 2.75) is 38.1 Å². The predicted molar refractivity (Wildman–Crippen MR) is 77.2 cm³/mol. The van der Waals surface area contributed by atoms with E-state index in [-0.39, 0.29) is 18.4 Å². The number of rotatable bonds is 2. The Balaban J connectivity index is 0.00000144. The molecule has 0 unspecified atom stereocenters. The van der Waals surface area contributed by atoms with Crippen molar-refractivity contribution < 1.29 is 0 Å². The van der Waals surface area contributed by atoms with Crippen molar-refractivity contribution in [3.05, 3.63) is 33.8 Å². The first kappa shape index (κ1) is 15.1. The largest absolute Gasteiger partial charge is 0.324 e. The van der Waals surface area contributed by atoms with Gasteiger partial charge in [-0.25, -0.2) is 0 Å². The highest BCUT2D eigenvalue weighted by Gasteiger charge is 2.23. The average Bonchev–Trinajstić information content (AvgIpc) is 2.29. The molecule has 1 aromatic carbocycles. The van der Waals surface area contributed by atoms with Crippen molar-refractivity contribution >= 4 is 35.6 Å². The van der Waals surface area contributed by atoms with E-state index in [1.54, 1.807) is 6.07 Å². The normalized spacial score (nSPS) is 18.5. The van der Waals surface area contributed by atoms with Gasteiger partial charge in [-0.05, 0) is 36.5 Å². The molecule has 1 aliphatic rings. The lowest BCUT2D eigenvalue weighted by Gasteiger charge is -2.28. The van der Waals surface area contributed by atoms with Crippen LogP contribution in [0.2, 0.25) is 10.0 Å². The van der Waals surface area contributed by atoms with Crippen molar-refractivity contribution in [3.63, 3.8) is 0 Å². The Kier molecular flexibility index (Phi) is 6.08. The van der Waals surface area contributed by atoms with Gasteiger partial charge in [-0.2, -0.15) is 0 Å². The van der Waals surface area contributed by atoms with Crippen LogP contribution in [-0.4, -0.2) is 0 Å². The minimum atomic E-state index is 0. The summed E-state index contributed by atoms with van der Waals surface area (Å²) in [6, 6.07) is 5.67. The lowest BCUT2D eigenvalue weighted by Crippen LogP contribution is -2.23. The van der Waals surface area contributed by atoms with Crippen LogP contribution >= 0.6 is 35.6 Å². The van der Waals surface area contributed by atoms with Gasteiger partial charge in [-0.15, -0.1) is 12.4 Å². The fraction of sp³-hybridized carbons (Fsp3) is 0.538. The second kappa shape index (κ2) is 6.84. The molecule has 1 atom stereocenters. The molecule has 0 aliphatic heterocycles. The van der Waals surface area contributed by atoms with E-state index in [0.29, 0.717) is 16.0 Å². The van der Waals surface area contributed by atoms with Gasteiger partial charge in [0.2, 0.25) is 0 Å². The van der Waals surface area contributed by atoms with E-state index in [9.17, 15) is 0 Å². The highest BCUT2D eigenvalue weighted by atomic mass is 35.5. The van der Waals surface area contributed by atoms with E-state index in [0.717, 1.165) is 5.56 Å². The molecule has 0 spiro atoms. The number of nitrogens with two attached hydrogens (primary N) is 1. The molecule has 2 rings (SSSR count). The molecule has 0 aromatic heterocycles. The molecule has 1 aliphatic carbocycles. The lowest BCUT2D eigenvalue weighted by atomic mass is 9.81. The summed E-state index contributed by atoms with van der Waals surface area (Å²) in [6.07, 6.45) is 6.38. The van der Waals surface area contributed by atoms with Crippen molar-refractivity contribution in [1.29, 1.82) is 0 Å². The molecule has 0 heterocycles. The monoisotopic (exact) mass is 293 g/mol. The van der Waals surface area contributed by atoms with Crippen molar-refractivity contribution in [3.8, 4) is 0 Å². The lowest BCUT2D eigenvalue weighted by molar-refractivity contribution is 0.308. The van der Waals surface area contributed by atoms with E-state index >= 15 is 0 Å². The molecule has 0 bridgehead atoms. The Hall–Kier alpha value is 0.0500. The zero-order chi connectivity index (χ0) is 11.5. The van der Waals surface area contributed by atoms with E-state index < -0.39 is 0 Å². The maximum absolute atomic E-state index is 6.29. The van der Waals surface area contributed by atoms with Gasteiger partial charge in [0.25, 0.3) is 0 Å². The molecule has 96 valence electrons. The van der Waals surface area contributed by atoms with E-state index in [1.807, 2.05) is 12.1 Å². The van der Waals surface area contributed by atoms with Crippen molar-refractivity contribution in [2.75, 3.05) is 0 Å². The Labute approximate surface area is 119 Å². The topological polar surface area (TPSA) is 26.0 Å². The molecule has 0 saturated heterocycles. The third-order valence-corrected chi connectivity index (χ3v) is 4.04. The van der Waals surface area contributed by atoms with Crippen LogP contribution in [-0.2, 0) is 0 Å². The quantitative estimate of drug-likeness (QED) is 0.816. The summed E-state index contributed by atoms with van der Waals surface area (Å²) in [7, 11) is 0. The van der Waals surface area contributed by atoms with Crippen LogP contribution in [0.1, 0.15) is 43.7 Å². The summed E-state index contributed by atoms with van der Waals surface area (Å²) >= 11 is 12.1. The molecule has 0 amide bonds. The van der Waals surface area contributed by atoms with Crippen molar-refractivity contribution in [1.82, 2.24) is 0 Å². The maximum Gasteiger partial charge on any atom is 0.0468 e. The molecule has 1 aromatic rings. The standard InChI is InChI=1S/C13H17Cl2N.ClH/c14-10-6-7-11(12(15)8-10)13(16)9-4-2-1-3-5-9;/h6-9,13H,1-5,16H2;1H/t13-;/m1./s1. The first-order valence-electron chi connectivity index (χ1n) is 5.89. The fourth-order valence-electron chi connectivity index (χ4n) is 2.52. The Morgan fingerprint density at radius 1 is 1.12 bits per heavy atom. The smallest absolute Gasteiger partial charge is 0.0468 e. The van der Waals surface area contributed by atoms with Crippen LogP contribution in [0, 0.1) is 5.92 Å². The minimum absolute atomic E-state index is 0. The Bertz CT molecular complexity index is 362. The molecule has 1 fully saturated rings. The van der Waals surface area contributed by atoms with E-state index in [2.05, 4.69) is 0 Å². The van der Waals surface area contributed by atoms with Gasteiger partial charge in [0.1, 0.15) is 0 Å². The maximum atomic E-state index is 6.29. The number of halogens is 3. The number of hydrogen-bond donors (Lipinski definition) is 1. The second-order valence-electron chi connectivity index (χ2n) is 4.59. The summed E-state index contributed by atoms with van der Waals surface area (Å²) in [5.41, 5.74) is 7.33. The zero-order valence-electron chi connectivity index (χ0n) is 9.66. The third-order valence-electron chi connectivity index (χ3n) is 3.48. The van der Waals surface area contributed by atoms with Gasteiger partial charge in [0.15, 0.2) is 0 Å².